The van der Waals surface area contributed by atoms with E-state index < -0.39 is 66.7 Å². The van der Waals surface area contributed by atoms with Gasteiger partial charge >= 0.3 is 24.1 Å². The Labute approximate surface area is 247 Å². The van der Waals surface area contributed by atoms with Gasteiger partial charge in [0.1, 0.15) is 24.3 Å². The molecule has 2 aromatic rings. The van der Waals surface area contributed by atoms with Gasteiger partial charge < -0.3 is 37.0 Å². The van der Waals surface area contributed by atoms with Gasteiger partial charge in [-0.3, -0.25) is 24.6 Å². The molecule has 0 aliphatic rings. The number of amidine groups is 1. The number of nitrogens with two attached hydrogens (primary N) is 1. The van der Waals surface area contributed by atoms with Crippen molar-refractivity contribution in [2.75, 3.05) is 6.54 Å². The van der Waals surface area contributed by atoms with Crippen LogP contribution in [-0.2, 0) is 41.6 Å². The molecule has 9 N–H and O–H groups in total. The van der Waals surface area contributed by atoms with E-state index in [-0.39, 0.29) is 18.8 Å². The molecule has 17 heteroatoms. The molecule has 0 unspecified atom stereocenters. The molecule has 0 aromatic heterocycles. The quantitative estimate of drug-likeness (QED) is 0.0816. The van der Waals surface area contributed by atoms with E-state index in [1.807, 2.05) is 0 Å². The van der Waals surface area contributed by atoms with Crippen LogP contribution in [0.3, 0.4) is 0 Å². The van der Waals surface area contributed by atoms with Crippen LogP contribution >= 0.6 is 0 Å². The molecule has 238 valence electrons. The van der Waals surface area contributed by atoms with Crippen LogP contribution in [0.4, 0.5) is 13.2 Å². The predicted octanol–water partition coefficient (Wildman–Crippen LogP) is 0.424. The van der Waals surface area contributed by atoms with Gasteiger partial charge in [0, 0.05) is 18.5 Å². The lowest BCUT2D eigenvalue weighted by molar-refractivity contribution is -0.192. The van der Waals surface area contributed by atoms with Gasteiger partial charge in [0.05, 0.1) is 6.42 Å². The standard InChI is InChI=1S/C25H29N5O7.C2HF3O2/c26-23(27)17-8-6-15(7-9-17)10-11-28-20(31)14-21(32)29-18(13-22(33)34)24(35)30-19(25(36)37)12-16-4-2-1-3-5-16;3-2(4,5)1(6)7/h1-9,18-19H,10-14H2,(H3,26,27)(H,28,31)(H,29,32)(H,30,35)(H,33,34)(H,36,37);(H,6,7)/t18-,19-;/m0./s1. The summed E-state index contributed by atoms with van der Waals surface area (Å²) in [5.74, 6) is -8.06. The van der Waals surface area contributed by atoms with E-state index in [1.54, 1.807) is 54.6 Å². The van der Waals surface area contributed by atoms with Gasteiger partial charge in [-0.05, 0) is 17.5 Å². The van der Waals surface area contributed by atoms with E-state index in [9.17, 15) is 42.3 Å². The Hall–Kier alpha value is -5.48. The van der Waals surface area contributed by atoms with Crippen molar-refractivity contribution in [3.05, 3.63) is 71.3 Å². The fourth-order valence-electron chi connectivity index (χ4n) is 3.36. The molecule has 0 aliphatic heterocycles. The number of hydrogen-bond acceptors (Lipinski definition) is 7. The van der Waals surface area contributed by atoms with Crippen molar-refractivity contribution in [3.8, 4) is 0 Å². The lowest BCUT2D eigenvalue weighted by Gasteiger charge is -2.20. The van der Waals surface area contributed by atoms with E-state index in [0.717, 1.165) is 5.56 Å². The van der Waals surface area contributed by atoms with Crippen molar-refractivity contribution in [1.82, 2.24) is 16.0 Å². The molecule has 2 aromatic carbocycles. The summed E-state index contributed by atoms with van der Waals surface area (Å²) in [6.45, 7) is 0.213. The number of carboxylic acid groups (broad SMARTS) is 3. The van der Waals surface area contributed by atoms with E-state index in [0.29, 0.717) is 17.5 Å². The van der Waals surface area contributed by atoms with Crippen molar-refractivity contribution >= 4 is 41.5 Å². The molecule has 0 saturated carbocycles. The number of carboxylic acids is 3. The minimum atomic E-state index is -5.08. The van der Waals surface area contributed by atoms with E-state index in [4.69, 9.17) is 26.2 Å². The van der Waals surface area contributed by atoms with Gasteiger partial charge in [0.15, 0.2) is 0 Å². The second-order valence-electron chi connectivity index (χ2n) is 9.00. The van der Waals surface area contributed by atoms with Crippen molar-refractivity contribution in [2.45, 2.75) is 43.9 Å². The first-order chi connectivity index (χ1) is 20.5. The number of nitrogens with one attached hydrogen (secondary N) is 4. The third kappa shape index (κ3) is 14.4. The second kappa shape index (κ2) is 17.5. The fourth-order valence-corrected chi connectivity index (χ4v) is 3.36. The summed E-state index contributed by atoms with van der Waals surface area (Å²) in [7, 11) is 0. The summed E-state index contributed by atoms with van der Waals surface area (Å²) in [5.41, 5.74) is 7.48. The molecule has 2 rings (SSSR count). The van der Waals surface area contributed by atoms with Crippen LogP contribution in [0.5, 0.6) is 0 Å². The maximum Gasteiger partial charge on any atom is 0.490 e. The Morgan fingerprint density at radius 1 is 0.818 bits per heavy atom. The maximum absolute atomic E-state index is 12.6. The largest absolute Gasteiger partial charge is 0.490 e. The topological polar surface area (TPSA) is 249 Å². The molecule has 0 aliphatic carbocycles. The molecule has 0 radical (unpaired) electrons. The maximum atomic E-state index is 12.6. The Kier molecular flexibility index (Phi) is 14.5. The van der Waals surface area contributed by atoms with Crippen molar-refractivity contribution in [2.24, 2.45) is 5.73 Å². The summed E-state index contributed by atoms with van der Waals surface area (Å²) in [6, 6.07) is 12.5. The van der Waals surface area contributed by atoms with Crippen LogP contribution < -0.4 is 21.7 Å². The zero-order chi connectivity index (χ0) is 33.4. The number of alkyl halides is 3. The highest BCUT2D eigenvalue weighted by molar-refractivity contribution is 6.00. The number of benzene rings is 2. The van der Waals surface area contributed by atoms with Crippen LogP contribution in [-0.4, -0.2) is 81.6 Å². The minimum Gasteiger partial charge on any atom is -0.481 e. The molecule has 0 fully saturated rings. The minimum absolute atomic E-state index is 0.0461. The number of carbonyl (C=O) groups is 6. The number of carbonyl (C=O) groups excluding carboxylic acids is 3. The zero-order valence-electron chi connectivity index (χ0n) is 22.9. The van der Waals surface area contributed by atoms with Crippen molar-refractivity contribution in [1.29, 1.82) is 5.41 Å². The predicted molar refractivity (Wildman–Crippen MR) is 146 cm³/mol. The van der Waals surface area contributed by atoms with Gasteiger partial charge in [-0.15, -0.1) is 0 Å². The third-order valence-corrected chi connectivity index (χ3v) is 5.49. The van der Waals surface area contributed by atoms with Gasteiger partial charge in [0.25, 0.3) is 0 Å². The molecular weight excluding hydrogens is 595 g/mol. The Bertz CT molecular complexity index is 1340. The number of hydrogen-bond donors (Lipinski definition) is 8. The highest BCUT2D eigenvalue weighted by Crippen LogP contribution is 2.13. The summed E-state index contributed by atoms with van der Waals surface area (Å²) >= 11 is 0. The van der Waals surface area contributed by atoms with Crippen LogP contribution in [0.1, 0.15) is 29.5 Å². The van der Waals surface area contributed by atoms with Crippen LogP contribution in [0.25, 0.3) is 0 Å². The van der Waals surface area contributed by atoms with Crippen molar-refractivity contribution in [3.63, 3.8) is 0 Å². The SMILES string of the molecule is N=C(N)c1ccc(CCNC(=O)CC(=O)N[C@@H](CC(=O)O)C(=O)N[C@@H](Cc2ccccc2)C(=O)O)cc1.O=C(O)C(F)(F)F. The number of nitrogen functional groups attached to an aromatic ring is 1. The highest BCUT2D eigenvalue weighted by atomic mass is 19.4. The Balaban J connectivity index is 0.00000123. The number of rotatable bonds is 14. The normalized spacial score (nSPS) is 11.9. The molecule has 0 bridgehead atoms. The van der Waals surface area contributed by atoms with E-state index in [2.05, 4.69) is 16.0 Å². The molecule has 3 amide bonds. The zero-order valence-corrected chi connectivity index (χ0v) is 22.9. The summed E-state index contributed by atoms with van der Waals surface area (Å²) < 4.78 is 31.7. The Morgan fingerprint density at radius 3 is 1.86 bits per heavy atom. The van der Waals surface area contributed by atoms with E-state index >= 15 is 0 Å². The van der Waals surface area contributed by atoms with Crippen LogP contribution in [0.15, 0.2) is 54.6 Å². The first-order valence-electron chi connectivity index (χ1n) is 12.6. The third-order valence-electron chi connectivity index (χ3n) is 5.49. The summed E-state index contributed by atoms with van der Waals surface area (Å²) in [5, 5.41) is 40.1. The van der Waals surface area contributed by atoms with Gasteiger partial charge in [0.2, 0.25) is 17.7 Å². The molecule has 0 spiro atoms. The average molecular weight is 626 g/mol. The first kappa shape index (κ1) is 36.5. The first-order valence-corrected chi connectivity index (χ1v) is 12.6. The smallest absolute Gasteiger partial charge is 0.481 e. The molecule has 44 heavy (non-hydrogen) atoms. The molecule has 0 saturated heterocycles. The average Bonchev–Trinajstić information content (AvgIpc) is 2.92. The van der Waals surface area contributed by atoms with Crippen LogP contribution in [0.2, 0.25) is 0 Å². The van der Waals surface area contributed by atoms with Gasteiger partial charge in [-0.1, -0.05) is 54.6 Å². The Morgan fingerprint density at radius 2 is 1.39 bits per heavy atom. The van der Waals surface area contributed by atoms with Crippen LogP contribution in [0, 0.1) is 5.41 Å². The van der Waals surface area contributed by atoms with Gasteiger partial charge in [-0.2, -0.15) is 13.2 Å². The summed E-state index contributed by atoms with van der Waals surface area (Å²) in [6.07, 6.45) is -6.13. The second-order valence-corrected chi connectivity index (χ2v) is 9.00. The van der Waals surface area contributed by atoms with Gasteiger partial charge in [-0.25, -0.2) is 9.59 Å². The summed E-state index contributed by atoms with van der Waals surface area (Å²) in [4.78, 5) is 68.8. The number of amides is 3. The fraction of sp³-hybridized carbons (Fsp3) is 0.296. The highest BCUT2D eigenvalue weighted by Gasteiger charge is 2.38. The monoisotopic (exact) mass is 625 g/mol. The molecule has 0 heterocycles. The number of aliphatic carboxylic acids is 3. The lowest BCUT2D eigenvalue weighted by atomic mass is 10.1. The molecular formula is C27H30F3N5O9. The van der Waals surface area contributed by atoms with Crippen molar-refractivity contribution < 1.29 is 57.3 Å². The lowest BCUT2D eigenvalue weighted by Crippen LogP contribution is -2.53. The van der Waals surface area contributed by atoms with E-state index in [1.165, 1.54) is 0 Å². The number of halogens is 3. The molecule has 2 atom stereocenters. The molecule has 14 nitrogen and oxygen atoms in total.